The van der Waals surface area contributed by atoms with Crippen molar-refractivity contribution in [2.45, 2.75) is 64.5 Å². The van der Waals surface area contributed by atoms with Crippen LogP contribution in [0.5, 0.6) is 0 Å². The van der Waals surface area contributed by atoms with Crippen LogP contribution < -0.4 is 0 Å². The van der Waals surface area contributed by atoms with E-state index in [-0.39, 0.29) is 11.4 Å². The molecular weight excluding hydrogens is 362 g/mol. The lowest BCUT2D eigenvalue weighted by atomic mass is 9.82. The van der Waals surface area contributed by atoms with Crippen LogP contribution in [0.2, 0.25) is 0 Å². The van der Waals surface area contributed by atoms with Gasteiger partial charge in [-0.2, -0.15) is 0 Å². The topological polar surface area (TPSA) is 53.1 Å². The standard InChI is InChI=1S/C20H39N3O3S/c1-4-15-27(24,25)23-8-6-20(7-9-23)16-19(5-14-26-20)22-12-10-21(11-13-22)17-18(2)3/h18-19H,4-17H2,1-3H3/t19-/m1/s1. The Bertz CT molecular complexity index is 565. The smallest absolute Gasteiger partial charge is 0.214 e. The SMILES string of the molecule is CCCS(=O)(=O)N1CCC2(CC1)C[C@H](N1CCN(CC(C)C)CC1)CCO2. The summed E-state index contributed by atoms with van der Waals surface area (Å²) in [7, 11) is -3.08. The van der Waals surface area contributed by atoms with E-state index in [9.17, 15) is 8.42 Å². The molecule has 0 aromatic carbocycles. The zero-order valence-corrected chi connectivity index (χ0v) is 18.3. The van der Waals surface area contributed by atoms with Crippen LogP contribution in [0.3, 0.4) is 0 Å². The van der Waals surface area contributed by atoms with Crippen molar-refractivity contribution in [1.82, 2.24) is 14.1 Å². The molecule has 0 unspecified atom stereocenters. The Kier molecular flexibility index (Phi) is 7.23. The molecule has 0 radical (unpaired) electrons. The summed E-state index contributed by atoms with van der Waals surface area (Å²) in [6.45, 7) is 14.4. The van der Waals surface area contributed by atoms with Crippen LogP contribution >= 0.6 is 0 Å². The third-order valence-corrected chi connectivity index (χ3v) is 8.58. The highest BCUT2D eigenvalue weighted by Gasteiger charge is 2.43. The highest BCUT2D eigenvalue weighted by Crippen LogP contribution is 2.37. The highest BCUT2D eigenvalue weighted by atomic mass is 32.2. The highest BCUT2D eigenvalue weighted by molar-refractivity contribution is 7.89. The van der Waals surface area contributed by atoms with Gasteiger partial charge in [0, 0.05) is 58.5 Å². The van der Waals surface area contributed by atoms with Gasteiger partial charge in [0.1, 0.15) is 0 Å². The average molecular weight is 402 g/mol. The van der Waals surface area contributed by atoms with Crippen LogP contribution in [-0.2, 0) is 14.8 Å². The van der Waals surface area contributed by atoms with Crippen molar-refractivity contribution in [1.29, 1.82) is 0 Å². The van der Waals surface area contributed by atoms with Crippen molar-refractivity contribution in [2.75, 3.05) is 58.2 Å². The predicted molar refractivity (Wildman–Crippen MR) is 109 cm³/mol. The molecule has 0 aromatic rings. The van der Waals surface area contributed by atoms with E-state index in [1.165, 1.54) is 19.6 Å². The minimum atomic E-state index is -3.08. The summed E-state index contributed by atoms with van der Waals surface area (Å²) < 4.78 is 32.7. The van der Waals surface area contributed by atoms with Crippen LogP contribution in [-0.4, -0.2) is 92.3 Å². The van der Waals surface area contributed by atoms with Crippen molar-refractivity contribution >= 4 is 10.0 Å². The fourth-order valence-corrected chi connectivity index (χ4v) is 6.56. The van der Waals surface area contributed by atoms with Gasteiger partial charge in [-0.15, -0.1) is 0 Å². The number of piperazine rings is 1. The second kappa shape index (κ2) is 9.08. The van der Waals surface area contributed by atoms with Crippen LogP contribution in [0.4, 0.5) is 0 Å². The van der Waals surface area contributed by atoms with Crippen LogP contribution in [0, 0.1) is 5.92 Å². The Balaban J connectivity index is 1.52. The first kappa shape index (κ1) is 21.5. The average Bonchev–Trinajstić information content (AvgIpc) is 2.62. The third-order valence-electron chi connectivity index (χ3n) is 6.50. The molecule has 0 bridgehead atoms. The van der Waals surface area contributed by atoms with Gasteiger partial charge in [0.15, 0.2) is 0 Å². The third kappa shape index (κ3) is 5.44. The summed E-state index contributed by atoms with van der Waals surface area (Å²) in [5.74, 6) is 1.00. The van der Waals surface area contributed by atoms with E-state index in [4.69, 9.17) is 4.74 Å². The van der Waals surface area contributed by atoms with Gasteiger partial charge in [0.25, 0.3) is 0 Å². The summed E-state index contributed by atoms with van der Waals surface area (Å²) in [6.07, 6.45) is 4.56. The number of rotatable bonds is 6. The maximum atomic E-state index is 12.3. The van der Waals surface area contributed by atoms with Gasteiger partial charge in [0.05, 0.1) is 11.4 Å². The first-order valence-corrected chi connectivity index (χ1v) is 12.5. The number of sulfonamides is 1. The summed E-state index contributed by atoms with van der Waals surface area (Å²) >= 11 is 0. The van der Waals surface area contributed by atoms with E-state index < -0.39 is 10.0 Å². The quantitative estimate of drug-likeness (QED) is 0.681. The Morgan fingerprint density at radius 3 is 2.33 bits per heavy atom. The minimum absolute atomic E-state index is 0.101. The molecule has 158 valence electrons. The fourth-order valence-electron chi connectivity index (χ4n) is 5.05. The van der Waals surface area contributed by atoms with Crippen LogP contribution in [0.25, 0.3) is 0 Å². The van der Waals surface area contributed by atoms with Gasteiger partial charge in [-0.3, -0.25) is 4.90 Å². The lowest BCUT2D eigenvalue weighted by Crippen LogP contribution is -2.57. The van der Waals surface area contributed by atoms with Crippen LogP contribution in [0.1, 0.15) is 52.9 Å². The maximum Gasteiger partial charge on any atom is 0.214 e. The molecule has 3 fully saturated rings. The molecular formula is C20H39N3O3S. The molecule has 0 N–H and O–H groups in total. The van der Waals surface area contributed by atoms with Crippen molar-refractivity contribution < 1.29 is 13.2 Å². The lowest BCUT2D eigenvalue weighted by Gasteiger charge is -2.49. The van der Waals surface area contributed by atoms with Crippen molar-refractivity contribution in [2.24, 2.45) is 5.92 Å². The molecule has 3 aliphatic heterocycles. The van der Waals surface area contributed by atoms with E-state index >= 15 is 0 Å². The molecule has 0 aromatic heterocycles. The number of piperidine rings is 1. The van der Waals surface area contributed by atoms with Gasteiger partial charge in [-0.1, -0.05) is 20.8 Å². The molecule has 6 nitrogen and oxygen atoms in total. The number of nitrogens with zero attached hydrogens (tertiary/aromatic N) is 3. The molecule has 27 heavy (non-hydrogen) atoms. The Hall–Kier alpha value is -0.210. The van der Waals surface area contributed by atoms with Crippen LogP contribution in [0.15, 0.2) is 0 Å². The molecule has 0 aliphatic carbocycles. The van der Waals surface area contributed by atoms with Crippen molar-refractivity contribution in [3.05, 3.63) is 0 Å². The predicted octanol–water partition coefficient (Wildman–Crippen LogP) is 2.01. The zero-order chi connectivity index (χ0) is 19.5. The Morgan fingerprint density at radius 2 is 1.74 bits per heavy atom. The zero-order valence-electron chi connectivity index (χ0n) is 17.5. The summed E-state index contributed by atoms with van der Waals surface area (Å²) in [5, 5.41) is 0. The second-order valence-electron chi connectivity index (χ2n) is 9.12. The van der Waals surface area contributed by atoms with Gasteiger partial charge in [-0.25, -0.2) is 12.7 Å². The van der Waals surface area contributed by atoms with Crippen molar-refractivity contribution in [3.63, 3.8) is 0 Å². The molecule has 3 saturated heterocycles. The molecule has 0 saturated carbocycles. The molecule has 3 heterocycles. The summed E-state index contributed by atoms with van der Waals surface area (Å²) in [6, 6.07) is 0.596. The van der Waals surface area contributed by atoms with Crippen molar-refractivity contribution in [3.8, 4) is 0 Å². The fraction of sp³-hybridized carbons (Fsp3) is 1.00. The molecule has 3 aliphatic rings. The number of ether oxygens (including phenoxy) is 1. The molecule has 3 rings (SSSR count). The van der Waals surface area contributed by atoms with Gasteiger partial charge in [-0.05, 0) is 38.0 Å². The van der Waals surface area contributed by atoms with Gasteiger partial charge < -0.3 is 9.64 Å². The van der Waals surface area contributed by atoms with E-state index in [0.29, 0.717) is 25.6 Å². The lowest BCUT2D eigenvalue weighted by molar-refractivity contribution is -0.130. The Labute approximate surface area is 166 Å². The molecule has 1 atom stereocenters. The molecule has 0 amide bonds. The minimum Gasteiger partial charge on any atom is -0.375 e. The first-order valence-electron chi connectivity index (χ1n) is 10.9. The molecule has 7 heteroatoms. The second-order valence-corrected chi connectivity index (χ2v) is 11.2. The van der Waals surface area contributed by atoms with Gasteiger partial charge in [0.2, 0.25) is 10.0 Å². The normalized spacial score (nSPS) is 28.8. The summed E-state index contributed by atoms with van der Waals surface area (Å²) in [5.41, 5.74) is -0.101. The van der Waals surface area contributed by atoms with Gasteiger partial charge >= 0.3 is 0 Å². The monoisotopic (exact) mass is 401 g/mol. The number of hydrogen-bond acceptors (Lipinski definition) is 5. The summed E-state index contributed by atoms with van der Waals surface area (Å²) in [4.78, 5) is 5.26. The first-order chi connectivity index (χ1) is 12.8. The number of hydrogen-bond donors (Lipinski definition) is 0. The van der Waals surface area contributed by atoms with E-state index in [2.05, 4.69) is 23.6 Å². The molecule has 1 spiro atoms. The van der Waals surface area contributed by atoms with E-state index in [1.54, 1.807) is 4.31 Å². The maximum absolute atomic E-state index is 12.3. The van der Waals surface area contributed by atoms with E-state index in [1.807, 2.05) is 6.92 Å². The van der Waals surface area contributed by atoms with E-state index in [0.717, 1.165) is 51.3 Å². The Morgan fingerprint density at radius 1 is 1.07 bits per heavy atom. The largest absolute Gasteiger partial charge is 0.375 e.